The van der Waals surface area contributed by atoms with Gasteiger partial charge in [-0.2, -0.15) is 0 Å². The first-order chi connectivity index (χ1) is 16.1. The first-order valence-corrected chi connectivity index (χ1v) is 12.6. The van der Waals surface area contributed by atoms with E-state index in [1.807, 2.05) is 71.6 Å². The van der Waals surface area contributed by atoms with Crippen LogP contribution in [0.3, 0.4) is 0 Å². The van der Waals surface area contributed by atoms with Gasteiger partial charge in [0.15, 0.2) is 0 Å². The fourth-order valence-electron chi connectivity index (χ4n) is 4.46. The lowest BCUT2D eigenvalue weighted by molar-refractivity contribution is 0.0761. The highest BCUT2D eigenvalue weighted by molar-refractivity contribution is 7.99. The standard InChI is InChI=1S/C27H25ClN2O2S/c28-22-11-5-3-9-20(22)18-30-23-17-19(26(31)29-15-7-1-2-8-16-29)13-14-25(23)33-24-12-6-4-10-21(24)27(30)32/h3-6,9-14,17H,1-2,7-8,15-16,18H2. The van der Waals surface area contributed by atoms with Crippen molar-refractivity contribution < 1.29 is 9.59 Å². The average Bonchev–Trinajstić information content (AvgIpc) is 3.18. The molecular formula is C27H25ClN2O2S. The van der Waals surface area contributed by atoms with Gasteiger partial charge in [0, 0.05) is 33.5 Å². The molecule has 1 saturated heterocycles. The lowest BCUT2D eigenvalue weighted by Gasteiger charge is -2.25. The van der Waals surface area contributed by atoms with Crippen molar-refractivity contribution in [2.24, 2.45) is 0 Å². The van der Waals surface area contributed by atoms with E-state index in [4.69, 9.17) is 11.6 Å². The average molecular weight is 477 g/mol. The van der Waals surface area contributed by atoms with Crippen LogP contribution in [0.4, 0.5) is 5.69 Å². The maximum absolute atomic E-state index is 13.7. The predicted molar refractivity (Wildman–Crippen MR) is 133 cm³/mol. The lowest BCUT2D eigenvalue weighted by atomic mass is 10.1. The summed E-state index contributed by atoms with van der Waals surface area (Å²) in [6, 6.07) is 21.0. The smallest absolute Gasteiger partial charge is 0.259 e. The zero-order valence-corrected chi connectivity index (χ0v) is 19.9. The number of hydrogen-bond acceptors (Lipinski definition) is 3. The van der Waals surface area contributed by atoms with E-state index in [-0.39, 0.29) is 11.8 Å². The normalized spacial score (nSPS) is 16.0. The molecule has 2 aliphatic rings. The Balaban J connectivity index is 1.57. The summed E-state index contributed by atoms with van der Waals surface area (Å²) in [5.41, 5.74) is 2.90. The molecular weight excluding hydrogens is 452 g/mol. The maximum Gasteiger partial charge on any atom is 0.259 e. The Kier molecular flexibility index (Phi) is 6.43. The van der Waals surface area contributed by atoms with E-state index >= 15 is 0 Å². The van der Waals surface area contributed by atoms with E-state index in [1.165, 1.54) is 12.8 Å². The van der Waals surface area contributed by atoms with Gasteiger partial charge in [-0.1, -0.05) is 66.5 Å². The van der Waals surface area contributed by atoms with Gasteiger partial charge >= 0.3 is 0 Å². The Hall–Kier alpha value is -2.76. The Morgan fingerprint density at radius 3 is 2.39 bits per heavy atom. The summed E-state index contributed by atoms with van der Waals surface area (Å²) in [6.07, 6.45) is 4.42. The molecule has 4 nitrogen and oxygen atoms in total. The molecule has 0 saturated carbocycles. The topological polar surface area (TPSA) is 40.6 Å². The van der Waals surface area contributed by atoms with Crippen molar-refractivity contribution in [3.8, 4) is 0 Å². The van der Waals surface area contributed by atoms with Crippen LogP contribution >= 0.6 is 23.4 Å². The summed E-state index contributed by atoms with van der Waals surface area (Å²) in [7, 11) is 0. The number of amides is 2. The number of benzene rings is 3. The maximum atomic E-state index is 13.7. The van der Waals surface area contributed by atoms with Crippen LogP contribution in [0.2, 0.25) is 5.02 Å². The highest BCUT2D eigenvalue weighted by atomic mass is 35.5. The van der Waals surface area contributed by atoms with Crippen LogP contribution in [0.25, 0.3) is 0 Å². The third kappa shape index (κ3) is 4.53. The molecule has 3 aromatic rings. The SMILES string of the molecule is O=C(c1ccc2c(c1)N(Cc1ccccc1Cl)C(=O)c1ccccc1S2)N1CCCCCC1. The highest BCUT2D eigenvalue weighted by Crippen LogP contribution is 2.42. The summed E-state index contributed by atoms with van der Waals surface area (Å²) in [4.78, 5) is 32.6. The van der Waals surface area contributed by atoms with Crippen molar-refractivity contribution in [3.05, 3.63) is 88.4 Å². The number of anilines is 1. The van der Waals surface area contributed by atoms with Crippen LogP contribution in [0.15, 0.2) is 76.5 Å². The molecule has 5 rings (SSSR count). The number of halogens is 1. The fourth-order valence-corrected chi connectivity index (χ4v) is 5.72. The number of nitrogens with zero attached hydrogens (tertiary/aromatic N) is 2. The number of carbonyl (C=O) groups excluding carboxylic acids is 2. The van der Waals surface area contributed by atoms with E-state index in [2.05, 4.69) is 0 Å². The molecule has 3 aromatic carbocycles. The van der Waals surface area contributed by atoms with Gasteiger partial charge in [0.2, 0.25) is 0 Å². The minimum Gasteiger partial charge on any atom is -0.339 e. The third-order valence-corrected chi connectivity index (χ3v) is 7.77. The van der Waals surface area contributed by atoms with E-state index in [1.54, 1.807) is 16.7 Å². The molecule has 33 heavy (non-hydrogen) atoms. The predicted octanol–water partition coefficient (Wildman–Crippen LogP) is 6.67. The molecule has 0 atom stereocenters. The summed E-state index contributed by atoms with van der Waals surface area (Å²) >= 11 is 8.02. The molecule has 0 aliphatic carbocycles. The first kappa shape index (κ1) is 22.1. The molecule has 0 unspecified atom stereocenters. The van der Waals surface area contributed by atoms with Crippen LogP contribution < -0.4 is 4.90 Å². The minimum absolute atomic E-state index is 0.0385. The molecule has 168 valence electrons. The van der Waals surface area contributed by atoms with E-state index in [0.29, 0.717) is 22.7 Å². The van der Waals surface area contributed by atoms with Gasteiger partial charge in [0.1, 0.15) is 0 Å². The van der Waals surface area contributed by atoms with Crippen molar-refractivity contribution in [1.29, 1.82) is 0 Å². The zero-order valence-electron chi connectivity index (χ0n) is 18.3. The number of rotatable bonds is 3. The van der Waals surface area contributed by atoms with Crippen molar-refractivity contribution >= 4 is 40.9 Å². The molecule has 0 N–H and O–H groups in total. The molecule has 0 bridgehead atoms. The van der Waals surface area contributed by atoms with E-state index in [9.17, 15) is 9.59 Å². The van der Waals surface area contributed by atoms with Crippen LogP contribution in [0, 0.1) is 0 Å². The van der Waals surface area contributed by atoms with Gasteiger partial charge < -0.3 is 9.80 Å². The molecule has 6 heteroatoms. The molecule has 2 amide bonds. The largest absolute Gasteiger partial charge is 0.339 e. The monoisotopic (exact) mass is 476 g/mol. The van der Waals surface area contributed by atoms with Crippen molar-refractivity contribution in [3.63, 3.8) is 0 Å². The number of likely N-dealkylation sites (tertiary alicyclic amines) is 1. The van der Waals surface area contributed by atoms with Gasteiger partial charge in [-0.3, -0.25) is 9.59 Å². The van der Waals surface area contributed by atoms with E-state index < -0.39 is 0 Å². The van der Waals surface area contributed by atoms with Crippen molar-refractivity contribution in [2.75, 3.05) is 18.0 Å². The van der Waals surface area contributed by atoms with Gasteiger partial charge in [-0.05, 0) is 54.8 Å². The van der Waals surface area contributed by atoms with E-state index in [0.717, 1.165) is 47.0 Å². The van der Waals surface area contributed by atoms with Gasteiger partial charge in [0.05, 0.1) is 17.8 Å². The second-order valence-corrected chi connectivity index (χ2v) is 9.96. The quantitative estimate of drug-likeness (QED) is 0.424. The molecule has 2 heterocycles. The molecule has 0 radical (unpaired) electrons. The summed E-state index contributed by atoms with van der Waals surface area (Å²) in [6.45, 7) is 1.92. The zero-order chi connectivity index (χ0) is 22.8. The van der Waals surface area contributed by atoms with Crippen molar-refractivity contribution in [2.45, 2.75) is 42.0 Å². The molecule has 2 aliphatic heterocycles. The second kappa shape index (κ2) is 9.62. The summed E-state index contributed by atoms with van der Waals surface area (Å²) in [5.74, 6) is -0.0484. The Bertz CT molecular complexity index is 1200. The Labute approximate surface area is 203 Å². The lowest BCUT2D eigenvalue weighted by Crippen LogP contribution is -2.33. The highest BCUT2D eigenvalue weighted by Gasteiger charge is 2.29. The van der Waals surface area contributed by atoms with Crippen LogP contribution in [-0.4, -0.2) is 29.8 Å². The molecule has 1 fully saturated rings. The van der Waals surface area contributed by atoms with Gasteiger partial charge in [-0.15, -0.1) is 0 Å². The van der Waals surface area contributed by atoms with Crippen LogP contribution in [0.1, 0.15) is 52.0 Å². The minimum atomic E-state index is -0.0869. The second-order valence-electron chi connectivity index (χ2n) is 8.47. The Morgan fingerprint density at radius 2 is 1.61 bits per heavy atom. The van der Waals surface area contributed by atoms with Gasteiger partial charge in [-0.25, -0.2) is 0 Å². The van der Waals surface area contributed by atoms with Crippen molar-refractivity contribution in [1.82, 2.24) is 4.90 Å². The number of fused-ring (bicyclic) bond motifs is 2. The third-order valence-electron chi connectivity index (χ3n) is 6.26. The molecule has 0 aromatic heterocycles. The fraction of sp³-hybridized carbons (Fsp3) is 0.259. The molecule has 0 spiro atoms. The number of carbonyl (C=O) groups is 2. The number of hydrogen-bond donors (Lipinski definition) is 0. The van der Waals surface area contributed by atoms with Gasteiger partial charge in [0.25, 0.3) is 11.8 Å². The van der Waals surface area contributed by atoms with Crippen LogP contribution in [-0.2, 0) is 6.54 Å². The summed E-state index contributed by atoms with van der Waals surface area (Å²) in [5, 5.41) is 0.619. The first-order valence-electron chi connectivity index (χ1n) is 11.4. The summed E-state index contributed by atoms with van der Waals surface area (Å²) < 4.78 is 0. The Morgan fingerprint density at radius 1 is 0.879 bits per heavy atom. The van der Waals surface area contributed by atoms with Crippen LogP contribution in [0.5, 0.6) is 0 Å².